The summed E-state index contributed by atoms with van der Waals surface area (Å²) in [5.74, 6) is -1.29. The van der Waals surface area contributed by atoms with Crippen molar-refractivity contribution in [2.24, 2.45) is 0 Å². The van der Waals surface area contributed by atoms with Gasteiger partial charge in [0, 0.05) is 31.0 Å². The maximum Gasteiger partial charge on any atom is 0.313 e. The molecule has 0 unspecified atom stereocenters. The van der Waals surface area contributed by atoms with Crippen LogP contribution >= 0.6 is 0 Å². The van der Waals surface area contributed by atoms with Gasteiger partial charge in [-0.1, -0.05) is 29.8 Å². The van der Waals surface area contributed by atoms with E-state index in [4.69, 9.17) is 0 Å². The first kappa shape index (κ1) is 20.5. The quantitative estimate of drug-likeness (QED) is 0.666. The molecule has 0 aliphatic carbocycles. The van der Waals surface area contributed by atoms with Gasteiger partial charge in [-0.15, -0.1) is 0 Å². The van der Waals surface area contributed by atoms with Crippen molar-refractivity contribution >= 4 is 23.2 Å². The van der Waals surface area contributed by atoms with Crippen LogP contribution < -0.4 is 20.4 Å². The molecular formula is C21H29N4O2+. The molecule has 6 heteroatoms. The lowest BCUT2D eigenvalue weighted by molar-refractivity contribution is -0.890. The van der Waals surface area contributed by atoms with Crippen LogP contribution in [0.3, 0.4) is 0 Å². The van der Waals surface area contributed by atoms with Crippen LogP contribution in [0.2, 0.25) is 0 Å². The van der Waals surface area contributed by atoms with Crippen LogP contribution in [0.25, 0.3) is 0 Å². The molecule has 27 heavy (non-hydrogen) atoms. The highest BCUT2D eigenvalue weighted by molar-refractivity contribution is 6.39. The van der Waals surface area contributed by atoms with Crippen LogP contribution in [0.5, 0.6) is 0 Å². The molecule has 2 aromatic carbocycles. The third-order valence-electron chi connectivity index (χ3n) is 4.49. The summed E-state index contributed by atoms with van der Waals surface area (Å²) in [6, 6.07) is 15.6. The lowest BCUT2D eigenvalue weighted by Gasteiger charge is -2.23. The van der Waals surface area contributed by atoms with E-state index in [-0.39, 0.29) is 6.04 Å². The van der Waals surface area contributed by atoms with Crippen LogP contribution in [-0.2, 0) is 9.59 Å². The highest BCUT2D eigenvalue weighted by Gasteiger charge is 2.21. The van der Waals surface area contributed by atoms with Gasteiger partial charge in [-0.3, -0.25) is 9.59 Å². The van der Waals surface area contributed by atoms with Crippen molar-refractivity contribution in [3.63, 3.8) is 0 Å². The van der Waals surface area contributed by atoms with Crippen LogP contribution in [0.4, 0.5) is 11.4 Å². The first-order chi connectivity index (χ1) is 12.8. The maximum absolute atomic E-state index is 12.2. The molecule has 1 atom stereocenters. The molecule has 2 aromatic rings. The first-order valence-corrected chi connectivity index (χ1v) is 9.01. The summed E-state index contributed by atoms with van der Waals surface area (Å²) in [4.78, 5) is 27.5. The monoisotopic (exact) mass is 369 g/mol. The molecule has 0 heterocycles. The molecule has 2 amide bonds. The second-order valence-electron chi connectivity index (χ2n) is 7.15. The summed E-state index contributed by atoms with van der Waals surface area (Å²) in [7, 11) is 8.05. The van der Waals surface area contributed by atoms with E-state index in [1.807, 2.05) is 52.1 Å². The van der Waals surface area contributed by atoms with E-state index in [1.165, 1.54) is 4.90 Å². The predicted octanol–water partition coefficient (Wildman–Crippen LogP) is 1.00. The van der Waals surface area contributed by atoms with E-state index in [0.29, 0.717) is 12.2 Å². The number of amides is 2. The molecule has 0 saturated carbocycles. The zero-order chi connectivity index (χ0) is 20.0. The van der Waals surface area contributed by atoms with E-state index in [2.05, 4.69) is 34.9 Å². The van der Waals surface area contributed by atoms with Gasteiger partial charge in [-0.05, 0) is 31.2 Å². The average molecular weight is 369 g/mol. The fraction of sp³-hybridized carbons (Fsp3) is 0.333. The Morgan fingerprint density at radius 3 is 2.07 bits per heavy atom. The van der Waals surface area contributed by atoms with Gasteiger partial charge in [0.25, 0.3) is 0 Å². The smallest absolute Gasteiger partial charge is 0.313 e. The Hall–Kier alpha value is -2.86. The van der Waals surface area contributed by atoms with Crippen molar-refractivity contribution in [2.75, 3.05) is 45.0 Å². The van der Waals surface area contributed by atoms with Crippen molar-refractivity contribution < 1.29 is 14.5 Å². The number of hydrogen-bond acceptors (Lipinski definition) is 3. The van der Waals surface area contributed by atoms with Crippen LogP contribution in [0.15, 0.2) is 48.5 Å². The van der Waals surface area contributed by atoms with E-state index in [0.717, 1.165) is 16.8 Å². The number of hydrogen-bond donors (Lipinski definition) is 3. The van der Waals surface area contributed by atoms with E-state index in [9.17, 15) is 9.59 Å². The first-order valence-electron chi connectivity index (χ1n) is 9.01. The fourth-order valence-corrected chi connectivity index (χ4v) is 2.76. The Bertz CT molecular complexity index is 768. The predicted molar refractivity (Wildman–Crippen MR) is 109 cm³/mol. The lowest BCUT2D eigenvalue weighted by atomic mass is 10.1. The van der Waals surface area contributed by atoms with Crippen molar-refractivity contribution in [1.29, 1.82) is 0 Å². The molecule has 0 bridgehead atoms. The minimum atomic E-state index is -0.658. The molecule has 0 aliphatic rings. The third-order valence-corrected chi connectivity index (χ3v) is 4.49. The number of aryl methyl sites for hydroxylation is 1. The number of anilines is 2. The average Bonchev–Trinajstić information content (AvgIpc) is 2.63. The highest BCUT2D eigenvalue weighted by Crippen LogP contribution is 2.16. The Labute approximate surface area is 161 Å². The van der Waals surface area contributed by atoms with Gasteiger partial charge in [0.15, 0.2) is 0 Å². The summed E-state index contributed by atoms with van der Waals surface area (Å²) < 4.78 is 0. The molecule has 0 spiro atoms. The van der Waals surface area contributed by atoms with E-state index >= 15 is 0 Å². The van der Waals surface area contributed by atoms with Gasteiger partial charge in [0.1, 0.15) is 6.04 Å². The maximum atomic E-state index is 12.2. The topological polar surface area (TPSA) is 65.9 Å². The normalized spacial score (nSPS) is 11.8. The van der Waals surface area contributed by atoms with Gasteiger partial charge in [0.05, 0.1) is 20.6 Å². The van der Waals surface area contributed by atoms with E-state index in [1.54, 1.807) is 12.1 Å². The molecule has 144 valence electrons. The van der Waals surface area contributed by atoms with Gasteiger partial charge >= 0.3 is 11.8 Å². The highest BCUT2D eigenvalue weighted by atomic mass is 16.2. The third kappa shape index (κ3) is 5.82. The molecule has 0 fully saturated rings. The second kappa shape index (κ2) is 9.19. The summed E-state index contributed by atoms with van der Waals surface area (Å²) in [5.41, 5.74) is 3.93. The van der Waals surface area contributed by atoms with Gasteiger partial charge in [-0.2, -0.15) is 0 Å². The van der Waals surface area contributed by atoms with Crippen molar-refractivity contribution in [1.82, 2.24) is 5.32 Å². The summed E-state index contributed by atoms with van der Waals surface area (Å²) in [6.07, 6.45) is 0. The molecule has 0 aliphatic heterocycles. The largest absolute Gasteiger partial charge is 0.378 e. The molecule has 0 aromatic heterocycles. The molecule has 0 radical (unpaired) electrons. The lowest BCUT2D eigenvalue weighted by Crippen LogP contribution is -3.07. The molecule has 0 saturated heterocycles. The van der Waals surface area contributed by atoms with Gasteiger partial charge in [-0.25, -0.2) is 0 Å². The number of nitrogens with zero attached hydrogens (tertiary/aromatic N) is 1. The minimum Gasteiger partial charge on any atom is -0.378 e. The van der Waals surface area contributed by atoms with Crippen molar-refractivity contribution in [3.05, 3.63) is 59.7 Å². The number of likely N-dealkylation sites (N-methyl/N-ethyl adjacent to an activating group) is 1. The van der Waals surface area contributed by atoms with Crippen LogP contribution in [0.1, 0.15) is 17.2 Å². The SMILES string of the molecule is Cc1ccc(NC(=O)C(=O)NC[C@H](c2ccc(N(C)C)cc2)[NH+](C)C)cc1. The Balaban J connectivity index is 1.97. The molecule has 3 N–H and O–H groups in total. The number of quaternary nitrogens is 1. The number of benzene rings is 2. The van der Waals surface area contributed by atoms with Crippen LogP contribution in [-0.4, -0.2) is 46.5 Å². The minimum absolute atomic E-state index is 0.0531. The molecule has 2 rings (SSSR count). The molecular weight excluding hydrogens is 340 g/mol. The number of nitrogens with one attached hydrogen (secondary N) is 3. The Kier molecular flexibility index (Phi) is 6.96. The molecule has 6 nitrogen and oxygen atoms in total. The van der Waals surface area contributed by atoms with Crippen molar-refractivity contribution in [3.8, 4) is 0 Å². The summed E-state index contributed by atoms with van der Waals surface area (Å²) in [6.45, 7) is 2.34. The number of carbonyl (C=O) groups excluding carboxylic acids is 2. The fourth-order valence-electron chi connectivity index (χ4n) is 2.76. The summed E-state index contributed by atoms with van der Waals surface area (Å²) >= 11 is 0. The van der Waals surface area contributed by atoms with Crippen molar-refractivity contribution in [2.45, 2.75) is 13.0 Å². The van der Waals surface area contributed by atoms with Gasteiger partial charge in [0.2, 0.25) is 0 Å². The standard InChI is InChI=1S/C21H28N4O2/c1-15-6-10-17(11-7-15)23-21(27)20(26)22-14-19(25(4)5)16-8-12-18(13-9-16)24(2)3/h6-13,19H,14H2,1-5H3,(H,22,26)(H,23,27)/p+1/t19-/m1/s1. The van der Waals surface area contributed by atoms with E-state index < -0.39 is 11.8 Å². The number of rotatable bonds is 6. The summed E-state index contributed by atoms with van der Waals surface area (Å²) in [5, 5.41) is 5.37. The Morgan fingerprint density at radius 2 is 1.56 bits per heavy atom. The van der Waals surface area contributed by atoms with Gasteiger partial charge < -0.3 is 20.4 Å². The Morgan fingerprint density at radius 1 is 0.963 bits per heavy atom. The zero-order valence-corrected chi connectivity index (χ0v) is 16.7. The second-order valence-corrected chi connectivity index (χ2v) is 7.15. The number of carbonyl (C=O) groups is 2. The van der Waals surface area contributed by atoms with Crippen LogP contribution in [0, 0.1) is 6.92 Å². The zero-order valence-electron chi connectivity index (χ0n) is 16.7.